The van der Waals surface area contributed by atoms with Crippen LogP contribution in [0, 0.1) is 11.3 Å². The van der Waals surface area contributed by atoms with Crippen LogP contribution < -0.4 is 15.5 Å². The second-order valence-electron chi connectivity index (χ2n) is 9.05. The van der Waals surface area contributed by atoms with Crippen LogP contribution >= 0.6 is 0 Å². The Balaban J connectivity index is 1.97. The summed E-state index contributed by atoms with van der Waals surface area (Å²) in [6.45, 7) is 6.48. The smallest absolute Gasteiger partial charge is 0.293 e. The number of aromatic nitrogens is 1. The number of rotatable bonds is 8. The highest BCUT2D eigenvalue weighted by Crippen LogP contribution is 2.26. The average Bonchev–Trinajstić information content (AvgIpc) is 3.24. The lowest BCUT2D eigenvalue weighted by atomic mass is 9.95. The Hall–Kier alpha value is -3.90. The highest BCUT2D eigenvalue weighted by Gasteiger charge is 2.31. The molecule has 176 valence electrons. The van der Waals surface area contributed by atoms with Crippen molar-refractivity contribution in [3.8, 4) is 11.8 Å². The third-order valence-corrected chi connectivity index (χ3v) is 7.62. The van der Waals surface area contributed by atoms with Crippen LogP contribution in [0.25, 0.3) is 0 Å². The molecule has 2 aromatic carbocycles. The van der Waals surface area contributed by atoms with Crippen LogP contribution in [0.2, 0.25) is 19.6 Å². The van der Waals surface area contributed by atoms with E-state index in [0.717, 1.165) is 11.3 Å². The van der Waals surface area contributed by atoms with E-state index in [1.54, 1.807) is 30.3 Å². The Labute approximate surface area is 198 Å². The first-order valence-corrected chi connectivity index (χ1v) is 14.2. The maximum atomic E-state index is 13.5. The molecule has 1 unspecified atom stereocenters. The molecule has 1 heterocycles. The number of hydrogen-bond acceptors (Lipinski definition) is 6. The summed E-state index contributed by atoms with van der Waals surface area (Å²) in [5, 5.41) is 12.8. The van der Waals surface area contributed by atoms with Crippen molar-refractivity contribution in [1.29, 1.82) is 5.26 Å². The molecule has 0 aliphatic carbocycles. The summed E-state index contributed by atoms with van der Waals surface area (Å²) >= 11 is 0. The van der Waals surface area contributed by atoms with Crippen LogP contribution in [-0.4, -0.2) is 44.0 Å². The SMILES string of the molecule is COc1ccc(C(C(=O)Cc2ccc([Si](C)(C)C)c(C#N)c2)N(C)C(=O)c2cc(=O)[nH]o2)cc1. The third-order valence-electron chi connectivity index (χ3n) is 5.57. The Morgan fingerprint density at radius 1 is 1.15 bits per heavy atom. The number of nitrogens with zero attached hydrogens (tertiary/aromatic N) is 2. The number of H-pyrrole nitrogens is 1. The lowest BCUT2D eigenvalue weighted by Crippen LogP contribution is -2.40. The minimum absolute atomic E-state index is 0.0199. The van der Waals surface area contributed by atoms with E-state index in [1.807, 2.05) is 12.1 Å². The molecule has 1 atom stereocenters. The second kappa shape index (κ2) is 9.93. The quantitative estimate of drug-likeness (QED) is 0.499. The molecule has 3 aromatic rings. The van der Waals surface area contributed by atoms with Gasteiger partial charge < -0.3 is 14.2 Å². The predicted octanol–water partition coefficient (Wildman–Crippen LogP) is 3.02. The maximum absolute atomic E-state index is 13.5. The largest absolute Gasteiger partial charge is 0.497 e. The number of methoxy groups -OCH3 is 1. The zero-order valence-corrected chi connectivity index (χ0v) is 20.8. The number of ketones is 1. The molecule has 0 fully saturated rings. The number of nitriles is 1. The van der Waals surface area contributed by atoms with Gasteiger partial charge in [-0.25, -0.2) is 0 Å². The molecule has 0 saturated carbocycles. The van der Waals surface area contributed by atoms with E-state index in [0.29, 0.717) is 22.4 Å². The van der Waals surface area contributed by atoms with E-state index in [2.05, 4.69) is 30.9 Å². The fraction of sp³-hybridized carbons (Fsp3) is 0.280. The van der Waals surface area contributed by atoms with Crippen molar-refractivity contribution in [3.63, 3.8) is 0 Å². The molecule has 0 saturated heterocycles. The van der Waals surface area contributed by atoms with Gasteiger partial charge in [-0.1, -0.05) is 43.9 Å². The monoisotopic (exact) mass is 477 g/mol. The molecule has 0 aliphatic rings. The normalized spacial score (nSPS) is 12.0. The summed E-state index contributed by atoms with van der Waals surface area (Å²) in [5.41, 5.74) is 1.30. The Kier molecular flexibility index (Phi) is 7.22. The molecular weight excluding hydrogens is 450 g/mol. The van der Waals surface area contributed by atoms with Gasteiger partial charge in [-0.2, -0.15) is 10.4 Å². The van der Waals surface area contributed by atoms with E-state index in [4.69, 9.17) is 9.26 Å². The molecule has 0 spiro atoms. The van der Waals surface area contributed by atoms with Gasteiger partial charge in [-0.15, -0.1) is 0 Å². The van der Waals surface area contributed by atoms with Crippen LogP contribution in [0.5, 0.6) is 5.75 Å². The van der Waals surface area contributed by atoms with Gasteiger partial charge in [0.25, 0.3) is 11.5 Å². The van der Waals surface area contributed by atoms with Crippen molar-refractivity contribution in [1.82, 2.24) is 10.1 Å². The molecule has 8 nitrogen and oxygen atoms in total. The van der Waals surface area contributed by atoms with Gasteiger partial charge in [0.2, 0.25) is 5.76 Å². The minimum atomic E-state index is -1.72. The van der Waals surface area contributed by atoms with Gasteiger partial charge in [-0.3, -0.25) is 14.4 Å². The number of benzene rings is 2. The average molecular weight is 478 g/mol. The molecular formula is C25H27N3O5Si. The third kappa shape index (κ3) is 5.35. The van der Waals surface area contributed by atoms with Crippen molar-refractivity contribution in [3.05, 3.63) is 81.3 Å². The topological polar surface area (TPSA) is 116 Å². The zero-order chi connectivity index (χ0) is 25.0. The fourth-order valence-corrected chi connectivity index (χ4v) is 5.36. The fourth-order valence-electron chi connectivity index (χ4n) is 3.84. The summed E-state index contributed by atoms with van der Waals surface area (Å²) in [7, 11) is 1.30. The van der Waals surface area contributed by atoms with Gasteiger partial charge in [-0.05, 0) is 34.5 Å². The lowest BCUT2D eigenvalue weighted by molar-refractivity contribution is -0.122. The molecule has 34 heavy (non-hydrogen) atoms. The molecule has 1 N–H and O–H groups in total. The zero-order valence-electron chi connectivity index (χ0n) is 19.8. The Morgan fingerprint density at radius 3 is 2.35 bits per heavy atom. The summed E-state index contributed by atoms with van der Waals surface area (Å²) in [5.74, 6) is -0.436. The molecule has 0 aliphatic heterocycles. The highest BCUT2D eigenvalue weighted by atomic mass is 28.3. The first-order chi connectivity index (χ1) is 16.0. The van der Waals surface area contributed by atoms with Crippen LogP contribution in [0.4, 0.5) is 0 Å². The molecule has 0 radical (unpaired) electrons. The van der Waals surface area contributed by atoms with Crippen LogP contribution in [-0.2, 0) is 11.2 Å². The van der Waals surface area contributed by atoms with E-state index in [-0.39, 0.29) is 18.0 Å². The summed E-state index contributed by atoms with van der Waals surface area (Å²) in [6.07, 6.45) is 0.0199. The summed E-state index contributed by atoms with van der Waals surface area (Å²) in [4.78, 5) is 39.2. The predicted molar refractivity (Wildman–Crippen MR) is 130 cm³/mol. The van der Waals surface area contributed by atoms with E-state index >= 15 is 0 Å². The van der Waals surface area contributed by atoms with Crippen LogP contribution in [0.3, 0.4) is 0 Å². The first kappa shape index (κ1) is 24.7. The van der Waals surface area contributed by atoms with E-state index in [1.165, 1.54) is 19.1 Å². The van der Waals surface area contributed by atoms with Crippen LogP contribution in [0.1, 0.15) is 33.3 Å². The maximum Gasteiger partial charge on any atom is 0.293 e. The van der Waals surface area contributed by atoms with Crippen molar-refractivity contribution in [2.24, 2.45) is 0 Å². The first-order valence-electron chi connectivity index (χ1n) is 10.7. The van der Waals surface area contributed by atoms with Crippen LogP contribution in [0.15, 0.2) is 57.8 Å². The summed E-state index contributed by atoms with van der Waals surface area (Å²) in [6, 6.07) is 14.8. The Morgan fingerprint density at radius 2 is 1.82 bits per heavy atom. The van der Waals surface area contributed by atoms with Gasteiger partial charge >= 0.3 is 0 Å². The number of nitrogens with one attached hydrogen (secondary N) is 1. The molecule has 0 bridgehead atoms. The van der Waals surface area contributed by atoms with Gasteiger partial charge in [0.05, 0.1) is 32.9 Å². The minimum Gasteiger partial charge on any atom is -0.497 e. The van der Waals surface area contributed by atoms with E-state index in [9.17, 15) is 19.6 Å². The number of aromatic amines is 1. The number of likely N-dealkylation sites (N-methyl/N-ethyl adjacent to an activating group) is 1. The number of carbonyl (C=O) groups excluding carboxylic acids is 2. The number of carbonyl (C=O) groups is 2. The molecule has 1 amide bonds. The number of hydrogen-bond donors (Lipinski definition) is 1. The molecule has 3 rings (SSSR count). The second-order valence-corrected chi connectivity index (χ2v) is 14.1. The Bertz CT molecular complexity index is 1300. The lowest BCUT2D eigenvalue weighted by Gasteiger charge is -2.27. The van der Waals surface area contributed by atoms with Crippen molar-refractivity contribution < 1.29 is 18.8 Å². The molecule has 1 aromatic heterocycles. The van der Waals surface area contributed by atoms with Crippen molar-refractivity contribution >= 4 is 25.0 Å². The van der Waals surface area contributed by atoms with Gasteiger partial charge in [0.1, 0.15) is 11.8 Å². The number of Topliss-reactive ketones (excluding diaryl/α,β-unsaturated/α-hetero) is 1. The van der Waals surface area contributed by atoms with Crippen molar-refractivity contribution in [2.75, 3.05) is 14.2 Å². The number of ether oxygens (including phenoxy) is 1. The summed E-state index contributed by atoms with van der Waals surface area (Å²) < 4.78 is 10.2. The highest BCUT2D eigenvalue weighted by molar-refractivity contribution is 6.89. The van der Waals surface area contributed by atoms with Gasteiger partial charge in [0.15, 0.2) is 5.78 Å². The van der Waals surface area contributed by atoms with E-state index < -0.39 is 25.6 Å². The number of amides is 1. The van der Waals surface area contributed by atoms with Crippen molar-refractivity contribution in [2.45, 2.75) is 32.1 Å². The standard InChI is InChI=1S/C25H27N3O5Si/c1-28(25(31)21-14-23(30)27-33-21)24(17-7-9-19(32-2)10-8-17)20(29)13-16-6-11-22(34(3,4)5)18(12-16)15-26/h6-12,14,24H,13H2,1-5H3,(H,27,30). The molecule has 9 heteroatoms. The van der Waals surface area contributed by atoms with Gasteiger partial charge in [0, 0.05) is 13.5 Å².